The topological polar surface area (TPSA) is 207 Å². The van der Waals surface area contributed by atoms with Gasteiger partial charge in [-0.3, -0.25) is 24.0 Å². The molecule has 1 heterocycles. The van der Waals surface area contributed by atoms with Crippen LogP contribution in [0.25, 0.3) is 0 Å². The van der Waals surface area contributed by atoms with Gasteiger partial charge in [0.15, 0.2) is 0 Å². The number of unbranched alkanes of at least 4 members (excludes halogenated alkanes) is 3. The maximum Gasteiger partial charge on any atom is 0.246 e. The van der Waals surface area contributed by atoms with Crippen molar-refractivity contribution in [2.24, 2.45) is 29.2 Å². The Morgan fingerprint density at radius 2 is 1.53 bits per heavy atom. The molecule has 1 aliphatic heterocycles. The van der Waals surface area contributed by atoms with Crippen LogP contribution >= 0.6 is 0 Å². The van der Waals surface area contributed by atoms with E-state index in [9.17, 15) is 28.4 Å². The Labute approximate surface area is 303 Å². The van der Waals surface area contributed by atoms with Crippen molar-refractivity contribution in [2.45, 2.75) is 148 Å². The quantitative estimate of drug-likeness (QED) is 0.144. The number of carbonyl (C=O) groups excluding carboxylic acids is 5. The summed E-state index contributed by atoms with van der Waals surface area (Å²) in [7, 11) is 1.60. The van der Waals surface area contributed by atoms with Crippen molar-refractivity contribution in [3.05, 3.63) is 0 Å². The van der Waals surface area contributed by atoms with Crippen LogP contribution < -0.4 is 32.7 Å². The van der Waals surface area contributed by atoms with E-state index in [1.807, 2.05) is 13.8 Å². The molecule has 0 aromatic rings. The number of carbonyl (C=O) groups is 5. The average Bonchev–Trinajstić information content (AvgIpc) is 3.11. The second-order valence-corrected chi connectivity index (χ2v) is 14.7. The predicted molar refractivity (Wildman–Crippen MR) is 193 cm³/mol. The number of hydrogen-bond acceptors (Lipinski definition) is 9. The number of nitrogens with zero attached hydrogens (tertiary/aromatic N) is 1. The van der Waals surface area contributed by atoms with Crippen molar-refractivity contribution < 1.29 is 37.8 Å². The Kier molecular flexibility index (Phi) is 19.9. The van der Waals surface area contributed by atoms with Crippen molar-refractivity contribution in [2.75, 3.05) is 33.4 Å². The second kappa shape index (κ2) is 22.9. The fourth-order valence-electron chi connectivity index (χ4n) is 6.77. The number of ether oxygens (including phenoxy) is 2. The van der Waals surface area contributed by atoms with E-state index in [1.165, 1.54) is 4.90 Å². The standard InChI is InChI=1S/C36H66FN7O7/c1-7-8-9-13-16-30-23(4)36(49)44(6)29(17-22(2)3)34(47)43-31(25-14-11-10-12-15-25)35(48)41-27(19-39)32(45)42-28(21-50-20-26(37)18-38)33(46)40-24(5)51-30/h22-31H,7-21,38-39H2,1-6H3,(H,40,46)(H,41,48)(H,42,45)(H,43,47)/t23-,24+,26-,27+,28+,29+,30-,31+/m1/s1. The predicted octanol–water partition coefficient (Wildman–Crippen LogP) is 1.63. The fraction of sp³-hybridized carbons (Fsp3) is 0.861. The zero-order chi connectivity index (χ0) is 38.1. The summed E-state index contributed by atoms with van der Waals surface area (Å²) < 4.78 is 25.6. The Morgan fingerprint density at radius 1 is 0.882 bits per heavy atom. The summed E-state index contributed by atoms with van der Waals surface area (Å²) in [6, 6.07) is -4.42. The summed E-state index contributed by atoms with van der Waals surface area (Å²) in [5.74, 6) is -3.58. The summed E-state index contributed by atoms with van der Waals surface area (Å²) in [5, 5.41) is 11.0. The van der Waals surface area contributed by atoms with Gasteiger partial charge in [-0.05, 0) is 44.4 Å². The molecular weight excluding hydrogens is 661 g/mol. The third kappa shape index (κ3) is 14.6. The maximum absolute atomic E-state index is 14.1. The minimum absolute atomic E-state index is 0.0517. The molecule has 8 N–H and O–H groups in total. The van der Waals surface area contributed by atoms with Crippen molar-refractivity contribution in [1.82, 2.24) is 26.2 Å². The number of nitrogens with one attached hydrogen (secondary N) is 4. The molecule has 1 saturated carbocycles. The Hall–Kier alpha value is -2.88. The van der Waals surface area contributed by atoms with Gasteiger partial charge >= 0.3 is 0 Å². The highest BCUT2D eigenvalue weighted by molar-refractivity contribution is 5.96. The zero-order valence-corrected chi connectivity index (χ0v) is 31.7. The molecule has 15 heteroatoms. The van der Waals surface area contributed by atoms with E-state index < -0.39 is 85.4 Å². The number of rotatable bonds is 14. The van der Waals surface area contributed by atoms with Crippen LogP contribution in [0.1, 0.15) is 105 Å². The lowest BCUT2D eigenvalue weighted by Crippen LogP contribution is -2.62. The summed E-state index contributed by atoms with van der Waals surface area (Å²) >= 11 is 0. The Balaban J connectivity index is 2.56. The van der Waals surface area contributed by atoms with Gasteiger partial charge in [0, 0.05) is 20.1 Å². The van der Waals surface area contributed by atoms with Crippen molar-refractivity contribution in [3.8, 4) is 0 Å². The summed E-state index contributed by atoms with van der Waals surface area (Å²) in [6.07, 6.45) is 5.84. The molecule has 5 amide bonds. The molecule has 0 aromatic carbocycles. The molecule has 8 atom stereocenters. The third-order valence-corrected chi connectivity index (χ3v) is 9.87. The number of nitrogens with two attached hydrogens (primary N) is 2. The molecular formula is C36H66FN7O7. The fourth-order valence-corrected chi connectivity index (χ4v) is 6.77. The van der Waals surface area contributed by atoms with Crippen molar-refractivity contribution >= 4 is 29.5 Å². The molecule has 2 rings (SSSR count). The number of hydrogen-bond donors (Lipinski definition) is 6. The smallest absolute Gasteiger partial charge is 0.246 e. The first-order valence-electron chi connectivity index (χ1n) is 19.0. The summed E-state index contributed by atoms with van der Waals surface area (Å²) in [6.45, 7) is 8.03. The molecule has 14 nitrogen and oxygen atoms in total. The average molecular weight is 728 g/mol. The van der Waals surface area contributed by atoms with Crippen LogP contribution in [0.4, 0.5) is 4.39 Å². The number of likely N-dealkylation sites (N-methyl/N-ethyl adjacent to an activating group) is 1. The van der Waals surface area contributed by atoms with Crippen LogP contribution in [0, 0.1) is 17.8 Å². The van der Waals surface area contributed by atoms with E-state index in [0.29, 0.717) is 25.7 Å². The monoisotopic (exact) mass is 728 g/mol. The lowest BCUT2D eigenvalue weighted by molar-refractivity contribution is -0.150. The van der Waals surface area contributed by atoms with Gasteiger partial charge in [-0.15, -0.1) is 0 Å². The van der Waals surface area contributed by atoms with Crippen LogP contribution in [0.2, 0.25) is 0 Å². The van der Waals surface area contributed by atoms with E-state index in [2.05, 4.69) is 28.2 Å². The molecule has 1 aliphatic carbocycles. The SMILES string of the molecule is CCCCCC[C@H]1O[C@@H](C)NC(=O)[C@H](COC[C@H](F)CN)NC(=O)[C@H](CN)NC(=O)[C@H](C2CCCCC2)NC(=O)[C@H](CC(C)C)N(C)C(=O)[C@@H]1C. The molecule has 51 heavy (non-hydrogen) atoms. The first kappa shape index (κ1) is 44.3. The van der Waals surface area contributed by atoms with Crippen LogP contribution in [0.5, 0.6) is 0 Å². The second-order valence-electron chi connectivity index (χ2n) is 14.7. The van der Waals surface area contributed by atoms with E-state index in [0.717, 1.165) is 44.9 Å². The van der Waals surface area contributed by atoms with E-state index in [4.69, 9.17) is 20.9 Å². The van der Waals surface area contributed by atoms with Crippen molar-refractivity contribution in [3.63, 3.8) is 0 Å². The van der Waals surface area contributed by atoms with Gasteiger partial charge in [-0.2, -0.15) is 0 Å². The molecule has 294 valence electrons. The molecule has 0 aromatic heterocycles. The van der Waals surface area contributed by atoms with Crippen LogP contribution in [-0.4, -0.2) is 110 Å². The third-order valence-electron chi connectivity index (χ3n) is 9.87. The normalized spacial score (nSPS) is 29.1. The first-order chi connectivity index (χ1) is 24.2. The maximum atomic E-state index is 14.1. The molecule has 2 aliphatic rings. The molecule has 0 bridgehead atoms. The van der Waals surface area contributed by atoms with Crippen LogP contribution in [0.15, 0.2) is 0 Å². The highest BCUT2D eigenvalue weighted by Gasteiger charge is 2.39. The molecule has 2 fully saturated rings. The lowest BCUT2D eigenvalue weighted by atomic mass is 9.83. The molecule has 1 saturated heterocycles. The Morgan fingerprint density at radius 3 is 2.14 bits per heavy atom. The first-order valence-corrected chi connectivity index (χ1v) is 19.0. The highest BCUT2D eigenvalue weighted by atomic mass is 19.1. The van der Waals surface area contributed by atoms with Gasteiger partial charge in [0.05, 0.1) is 25.2 Å². The van der Waals surface area contributed by atoms with Gasteiger partial charge in [0.2, 0.25) is 29.5 Å². The van der Waals surface area contributed by atoms with Gasteiger partial charge in [0.25, 0.3) is 0 Å². The van der Waals surface area contributed by atoms with Gasteiger partial charge < -0.3 is 47.1 Å². The Bertz CT molecular complexity index is 1110. The lowest BCUT2D eigenvalue weighted by Gasteiger charge is -2.36. The van der Waals surface area contributed by atoms with Crippen molar-refractivity contribution in [1.29, 1.82) is 0 Å². The van der Waals surface area contributed by atoms with Gasteiger partial charge in [-0.25, -0.2) is 4.39 Å². The van der Waals surface area contributed by atoms with E-state index >= 15 is 0 Å². The minimum atomic E-state index is -1.47. The van der Waals surface area contributed by atoms with Gasteiger partial charge in [-0.1, -0.05) is 72.6 Å². The molecule has 0 spiro atoms. The molecule has 0 radical (unpaired) electrons. The largest absolute Gasteiger partial charge is 0.376 e. The van der Waals surface area contributed by atoms with E-state index in [-0.39, 0.29) is 30.8 Å². The van der Waals surface area contributed by atoms with Gasteiger partial charge in [0.1, 0.15) is 36.6 Å². The summed E-state index contributed by atoms with van der Waals surface area (Å²) in [4.78, 5) is 70.8. The van der Waals surface area contributed by atoms with E-state index in [1.54, 1.807) is 20.9 Å². The molecule has 0 unspecified atom stereocenters. The van der Waals surface area contributed by atoms with Crippen LogP contribution in [-0.2, 0) is 33.4 Å². The number of alkyl halides is 1. The number of amides is 5. The highest BCUT2D eigenvalue weighted by Crippen LogP contribution is 2.28. The van der Waals surface area contributed by atoms with Crippen LogP contribution in [0.3, 0.4) is 0 Å². The summed E-state index contributed by atoms with van der Waals surface area (Å²) in [5.41, 5.74) is 11.3. The zero-order valence-electron chi connectivity index (χ0n) is 31.7. The minimum Gasteiger partial charge on any atom is -0.376 e. The number of halogens is 1.